The van der Waals surface area contributed by atoms with Crippen molar-refractivity contribution in [3.05, 3.63) is 0 Å². The number of hydrogen-bond donors (Lipinski definition) is 0. The first-order valence-corrected chi connectivity index (χ1v) is 10.5. The molecule has 0 spiro atoms. The Morgan fingerprint density at radius 1 is 0.682 bits per heavy atom. The molecule has 22 heavy (non-hydrogen) atoms. The normalized spacial score (nSPS) is 17.0. The molecular weight excluding hydrogens is 266 g/mol. The van der Waals surface area contributed by atoms with E-state index in [1.54, 1.807) is 0 Å². The second-order valence-electron chi connectivity index (χ2n) is 8.53. The third-order valence-corrected chi connectivity index (χ3v) is 5.59. The molecule has 0 heterocycles. The summed E-state index contributed by atoms with van der Waals surface area (Å²) in [6.45, 7) is 5.12. The molecule has 0 N–H and O–H groups in total. The van der Waals surface area contributed by atoms with Crippen molar-refractivity contribution in [1.82, 2.24) is 0 Å². The topological polar surface area (TPSA) is 0 Å². The maximum absolute atomic E-state index is 2.46. The van der Waals surface area contributed by atoms with E-state index in [0.29, 0.717) is 0 Å². The van der Waals surface area contributed by atoms with Gasteiger partial charge < -0.3 is 4.48 Å². The summed E-state index contributed by atoms with van der Waals surface area (Å²) in [5.74, 6) is 1.02. The molecule has 0 amide bonds. The minimum Gasteiger partial charge on any atom is -0.328 e. The third kappa shape index (κ3) is 10.6. The minimum atomic E-state index is 1.02. The summed E-state index contributed by atoms with van der Waals surface area (Å²) < 4.78 is 1.27. The third-order valence-electron chi connectivity index (χ3n) is 5.59. The number of unbranched alkanes of at least 4 members (excludes halogenated alkanes) is 9. The van der Waals surface area contributed by atoms with Gasteiger partial charge in [0.1, 0.15) is 0 Å². The fourth-order valence-corrected chi connectivity index (χ4v) is 4.19. The summed E-state index contributed by atoms with van der Waals surface area (Å²) in [5.41, 5.74) is 0. The maximum Gasteiger partial charge on any atom is 0.0811 e. The largest absolute Gasteiger partial charge is 0.328 e. The Kier molecular flexibility index (Phi) is 11.3. The van der Waals surface area contributed by atoms with Gasteiger partial charge >= 0.3 is 0 Å². The minimum absolute atomic E-state index is 1.02. The van der Waals surface area contributed by atoms with E-state index in [1.807, 2.05) is 0 Å². The Labute approximate surface area is 141 Å². The van der Waals surface area contributed by atoms with Crippen LogP contribution in [0.1, 0.15) is 103 Å². The molecule has 1 nitrogen and oxygen atoms in total. The van der Waals surface area contributed by atoms with Crippen LogP contribution in [0.25, 0.3) is 0 Å². The van der Waals surface area contributed by atoms with Gasteiger partial charge in [-0.2, -0.15) is 0 Å². The quantitative estimate of drug-likeness (QED) is 0.267. The van der Waals surface area contributed by atoms with Gasteiger partial charge in [-0.15, -0.1) is 0 Å². The molecule has 1 saturated carbocycles. The van der Waals surface area contributed by atoms with E-state index in [0.717, 1.165) is 5.92 Å². The van der Waals surface area contributed by atoms with Gasteiger partial charge in [0, 0.05) is 5.92 Å². The van der Waals surface area contributed by atoms with Gasteiger partial charge in [0.2, 0.25) is 0 Å². The van der Waals surface area contributed by atoms with E-state index in [4.69, 9.17) is 0 Å². The van der Waals surface area contributed by atoms with Crippen LogP contribution in [0, 0.1) is 5.92 Å². The Morgan fingerprint density at radius 2 is 1.18 bits per heavy atom. The van der Waals surface area contributed by atoms with Gasteiger partial charge in [0.15, 0.2) is 0 Å². The first-order valence-electron chi connectivity index (χ1n) is 10.5. The fraction of sp³-hybridized carbons (Fsp3) is 1.00. The van der Waals surface area contributed by atoms with E-state index < -0.39 is 0 Å². The van der Waals surface area contributed by atoms with Gasteiger partial charge in [0.05, 0.1) is 27.2 Å². The van der Waals surface area contributed by atoms with E-state index in [1.165, 1.54) is 114 Å². The van der Waals surface area contributed by atoms with Crippen molar-refractivity contribution in [2.24, 2.45) is 5.92 Å². The summed E-state index contributed by atoms with van der Waals surface area (Å²) in [6.07, 6.45) is 22.0. The van der Waals surface area contributed by atoms with Crippen LogP contribution in [-0.4, -0.2) is 31.7 Å². The van der Waals surface area contributed by atoms with Crippen LogP contribution < -0.4 is 0 Å². The van der Waals surface area contributed by atoms with Crippen molar-refractivity contribution in [2.45, 2.75) is 103 Å². The second kappa shape index (κ2) is 12.4. The maximum atomic E-state index is 2.46. The summed E-state index contributed by atoms with van der Waals surface area (Å²) in [4.78, 5) is 0. The number of hydrogen-bond acceptors (Lipinski definition) is 0. The Bertz CT molecular complexity index is 240. The van der Waals surface area contributed by atoms with Crippen LogP contribution in [-0.2, 0) is 0 Å². The molecule has 0 bridgehead atoms. The first-order chi connectivity index (χ1) is 10.6. The van der Waals surface area contributed by atoms with Crippen LogP contribution >= 0.6 is 0 Å². The molecule has 1 fully saturated rings. The van der Waals surface area contributed by atoms with Crippen molar-refractivity contribution in [3.63, 3.8) is 0 Å². The molecule has 1 aliphatic rings. The molecule has 0 aliphatic heterocycles. The van der Waals surface area contributed by atoms with E-state index in [-0.39, 0.29) is 0 Å². The van der Waals surface area contributed by atoms with Crippen molar-refractivity contribution >= 4 is 0 Å². The van der Waals surface area contributed by atoms with E-state index in [2.05, 4.69) is 21.0 Å². The molecule has 1 rings (SSSR count). The predicted octanol–water partition coefficient (Wildman–Crippen LogP) is 6.56. The zero-order valence-electron chi connectivity index (χ0n) is 16.0. The number of rotatable bonds is 13. The molecule has 0 unspecified atom stereocenters. The number of quaternary nitrogens is 1. The average Bonchev–Trinajstić information content (AvgIpc) is 2.49. The highest BCUT2D eigenvalue weighted by atomic mass is 15.3. The van der Waals surface area contributed by atoms with Crippen molar-refractivity contribution in [1.29, 1.82) is 0 Å². The zero-order valence-corrected chi connectivity index (χ0v) is 16.0. The van der Waals surface area contributed by atoms with Crippen LogP contribution in [0.3, 0.4) is 0 Å². The van der Waals surface area contributed by atoms with Crippen molar-refractivity contribution < 1.29 is 4.48 Å². The second-order valence-corrected chi connectivity index (χ2v) is 8.53. The van der Waals surface area contributed by atoms with E-state index >= 15 is 0 Å². The highest BCUT2D eigenvalue weighted by Gasteiger charge is 2.23. The van der Waals surface area contributed by atoms with Crippen LogP contribution in [0.2, 0.25) is 0 Å². The molecular formula is C21H44N+. The number of nitrogens with zero attached hydrogens (tertiary/aromatic N) is 1. The van der Waals surface area contributed by atoms with Gasteiger partial charge in [0.25, 0.3) is 0 Å². The molecule has 1 heteroatoms. The summed E-state index contributed by atoms with van der Waals surface area (Å²) in [6, 6.07) is 0. The molecule has 0 aromatic rings. The molecule has 132 valence electrons. The lowest BCUT2D eigenvalue weighted by molar-refractivity contribution is -0.894. The lowest BCUT2D eigenvalue weighted by Crippen LogP contribution is -2.44. The van der Waals surface area contributed by atoms with Crippen LogP contribution in [0.5, 0.6) is 0 Å². The average molecular weight is 311 g/mol. The van der Waals surface area contributed by atoms with Crippen LogP contribution in [0.15, 0.2) is 0 Å². The molecule has 0 aromatic heterocycles. The summed E-state index contributed by atoms with van der Waals surface area (Å²) in [5, 5.41) is 0. The predicted molar refractivity (Wildman–Crippen MR) is 100 cm³/mol. The van der Waals surface area contributed by atoms with Crippen molar-refractivity contribution in [2.75, 3.05) is 27.2 Å². The van der Waals surface area contributed by atoms with E-state index in [9.17, 15) is 0 Å². The Balaban J connectivity index is 1.92. The molecule has 1 aliphatic carbocycles. The molecule has 0 atom stereocenters. The lowest BCUT2D eigenvalue weighted by Gasteiger charge is -2.35. The van der Waals surface area contributed by atoms with Crippen LogP contribution in [0.4, 0.5) is 0 Å². The monoisotopic (exact) mass is 310 g/mol. The van der Waals surface area contributed by atoms with Gasteiger partial charge in [-0.1, -0.05) is 77.6 Å². The molecule has 0 radical (unpaired) electrons. The van der Waals surface area contributed by atoms with Gasteiger partial charge in [-0.25, -0.2) is 0 Å². The lowest BCUT2D eigenvalue weighted by atomic mass is 9.88. The highest BCUT2D eigenvalue weighted by molar-refractivity contribution is 4.65. The summed E-state index contributed by atoms with van der Waals surface area (Å²) in [7, 11) is 4.92. The fourth-order valence-electron chi connectivity index (χ4n) is 4.19. The highest BCUT2D eigenvalue weighted by Crippen LogP contribution is 2.25. The van der Waals surface area contributed by atoms with Gasteiger partial charge in [-0.05, 0) is 25.7 Å². The smallest absolute Gasteiger partial charge is 0.0811 e. The molecule has 0 saturated heterocycles. The summed E-state index contributed by atoms with van der Waals surface area (Å²) >= 11 is 0. The zero-order chi connectivity index (χ0) is 16.1. The van der Waals surface area contributed by atoms with Gasteiger partial charge in [-0.3, -0.25) is 0 Å². The first kappa shape index (κ1) is 20.0. The Morgan fingerprint density at radius 3 is 1.73 bits per heavy atom. The Hall–Kier alpha value is -0.0400. The van der Waals surface area contributed by atoms with Crippen molar-refractivity contribution in [3.8, 4) is 0 Å². The SMILES string of the molecule is CCCCCCCCCCCC[N+](C)(C)CC1CCCCC1. The molecule has 0 aromatic carbocycles. The standard InChI is InChI=1S/C21H44N/c1-4-5-6-7-8-9-10-11-12-16-19-22(2,3)20-21-17-14-13-15-18-21/h21H,4-20H2,1-3H3/q+1.